The molecule has 0 saturated carbocycles. The molecule has 0 bridgehead atoms. The molecule has 0 unspecified atom stereocenters. The first kappa shape index (κ1) is 16.0. The number of ether oxygens (including phenoxy) is 1. The molecule has 1 heterocycles. The lowest BCUT2D eigenvalue weighted by molar-refractivity contribution is -0.117. The van der Waals surface area contributed by atoms with Gasteiger partial charge in [-0.05, 0) is 48.5 Å². The third-order valence-electron chi connectivity index (χ3n) is 3.95. The highest BCUT2D eigenvalue weighted by Crippen LogP contribution is 2.24. The van der Waals surface area contributed by atoms with Crippen molar-refractivity contribution >= 4 is 17.5 Å². The second kappa shape index (κ2) is 6.70. The predicted molar refractivity (Wildman–Crippen MR) is 87.6 cm³/mol. The molecule has 1 aliphatic heterocycles. The van der Waals surface area contributed by atoms with Crippen molar-refractivity contribution < 1.29 is 18.7 Å². The number of rotatable bonds is 4. The number of methoxy groups -OCH3 is 1. The van der Waals surface area contributed by atoms with Gasteiger partial charge in [0.25, 0.3) is 5.91 Å². The van der Waals surface area contributed by atoms with E-state index in [-0.39, 0.29) is 24.3 Å². The first-order valence-corrected chi connectivity index (χ1v) is 7.57. The fourth-order valence-corrected chi connectivity index (χ4v) is 2.69. The van der Waals surface area contributed by atoms with E-state index in [2.05, 4.69) is 5.32 Å². The van der Waals surface area contributed by atoms with E-state index in [1.807, 2.05) is 0 Å². The van der Waals surface area contributed by atoms with Gasteiger partial charge in [-0.15, -0.1) is 0 Å². The maximum absolute atomic E-state index is 12.9. The highest BCUT2D eigenvalue weighted by molar-refractivity contribution is 5.98. The van der Waals surface area contributed by atoms with E-state index >= 15 is 0 Å². The quantitative estimate of drug-likeness (QED) is 0.937. The SMILES string of the molecule is COc1ccc(N2C[C@@H](NC(=O)c3ccc(F)cc3)CC2=O)cc1. The fraction of sp³-hybridized carbons (Fsp3) is 0.222. The third-order valence-corrected chi connectivity index (χ3v) is 3.95. The van der Waals surface area contributed by atoms with Crippen LogP contribution in [0.3, 0.4) is 0 Å². The summed E-state index contributed by atoms with van der Waals surface area (Å²) < 4.78 is 18.0. The number of hydrogen-bond donors (Lipinski definition) is 1. The Labute approximate surface area is 139 Å². The third kappa shape index (κ3) is 3.37. The van der Waals surface area contributed by atoms with Gasteiger partial charge in [0.15, 0.2) is 0 Å². The standard InChI is InChI=1S/C18H17FN2O3/c1-24-16-8-6-15(7-9-16)21-11-14(10-17(21)22)20-18(23)12-2-4-13(19)5-3-12/h2-9,14H,10-11H2,1H3,(H,20,23)/t14-/m0/s1. The Morgan fingerprint density at radius 1 is 1.17 bits per heavy atom. The Balaban J connectivity index is 1.65. The van der Waals surface area contributed by atoms with E-state index in [0.717, 1.165) is 5.69 Å². The minimum atomic E-state index is -0.395. The van der Waals surface area contributed by atoms with E-state index in [4.69, 9.17) is 4.74 Å². The fourth-order valence-electron chi connectivity index (χ4n) is 2.69. The van der Waals surface area contributed by atoms with Gasteiger partial charge in [-0.25, -0.2) is 4.39 Å². The van der Waals surface area contributed by atoms with Crippen LogP contribution in [0.15, 0.2) is 48.5 Å². The summed E-state index contributed by atoms with van der Waals surface area (Å²) in [7, 11) is 1.58. The number of nitrogens with one attached hydrogen (secondary N) is 1. The molecule has 6 heteroatoms. The number of nitrogens with zero attached hydrogens (tertiary/aromatic N) is 1. The summed E-state index contributed by atoms with van der Waals surface area (Å²) >= 11 is 0. The lowest BCUT2D eigenvalue weighted by atomic mass is 10.2. The topological polar surface area (TPSA) is 58.6 Å². The second-order valence-electron chi connectivity index (χ2n) is 5.58. The lowest BCUT2D eigenvalue weighted by Gasteiger charge is -2.17. The molecule has 0 radical (unpaired) electrons. The van der Waals surface area contributed by atoms with Gasteiger partial charge in [-0.3, -0.25) is 9.59 Å². The summed E-state index contributed by atoms with van der Waals surface area (Å²) in [6.07, 6.45) is 0.235. The zero-order chi connectivity index (χ0) is 17.1. The normalized spacial score (nSPS) is 17.0. The first-order valence-electron chi connectivity index (χ1n) is 7.57. The molecule has 3 rings (SSSR count). The highest BCUT2D eigenvalue weighted by Gasteiger charge is 2.31. The summed E-state index contributed by atoms with van der Waals surface area (Å²) in [5, 5.41) is 2.82. The van der Waals surface area contributed by atoms with Crippen LogP contribution >= 0.6 is 0 Å². The van der Waals surface area contributed by atoms with Crippen LogP contribution in [0.2, 0.25) is 0 Å². The molecule has 5 nitrogen and oxygen atoms in total. The average Bonchev–Trinajstić information content (AvgIpc) is 2.95. The molecule has 1 N–H and O–H groups in total. The number of benzene rings is 2. The summed E-state index contributed by atoms with van der Waals surface area (Å²) in [6, 6.07) is 12.2. The molecule has 1 atom stereocenters. The van der Waals surface area contributed by atoms with Gasteiger partial charge in [0.2, 0.25) is 5.91 Å². The molecular weight excluding hydrogens is 311 g/mol. The van der Waals surface area contributed by atoms with Crippen LogP contribution < -0.4 is 15.0 Å². The van der Waals surface area contributed by atoms with Gasteiger partial charge in [-0.2, -0.15) is 0 Å². The average molecular weight is 328 g/mol. The van der Waals surface area contributed by atoms with Crippen LogP contribution in [-0.2, 0) is 4.79 Å². The Hall–Kier alpha value is -2.89. The van der Waals surface area contributed by atoms with Crippen LogP contribution in [0, 0.1) is 5.82 Å². The molecule has 0 spiro atoms. The van der Waals surface area contributed by atoms with Gasteiger partial charge < -0.3 is 15.0 Å². The number of anilines is 1. The zero-order valence-corrected chi connectivity index (χ0v) is 13.2. The minimum Gasteiger partial charge on any atom is -0.497 e. The van der Waals surface area contributed by atoms with Crippen molar-refractivity contribution in [2.45, 2.75) is 12.5 Å². The van der Waals surface area contributed by atoms with Gasteiger partial charge in [0.05, 0.1) is 13.2 Å². The van der Waals surface area contributed by atoms with Gasteiger partial charge >= 0.3 is 0 Å². The largest absolute Gasteiger partial charge is 0.497 e. The summed E-state index contributed by atoms with van der Waals surface area (Å²) in [5.74, 6) is -0.0474. The van der Waals surface area contributed by atoms with E-state index in [1.54, 1.807) is 36.3 Å². The van der Waals surface area contributed by atoms with Crippen molar-refractivity contribution in [3.63, 3.8) is 0 Å². The molecule has 124 valence electrons. The molecule has 0 aromatic heterocycles. The highest BCUT2D eigenvalue weighted by atomic mass is 19.1. The second-order valence-corrected chi connectivity index (χ2v) is 5.58. The van der Waals surface area contributed by atoms with Crippen LogP contribution in [0.4, 0.5) is 10.1 Å². The van der Waals surface area contributed by atoms with E-state index < -0.39 is 5.82 Å². The van der Waals surface area contributed by atoms with Crippen LogP contribution in [0.25, 0.3) is 0 Å². The van der Waals surface area contributed by atoms with E-state index in [1.165, 1.54) is 24.3 Å². The Morgan fingerprint density at radius 3 is 2.46 bits per heavy atom. The van der Waals surface area contributed by atoms with Gasteiger partial charge in [-0.1, -0.05) is 0 Å². The molecule has 1 saturated heterocycles. The van der Waals surface area contributed by atoms with Crippen LogP contribution in [0.5, 0.6) is 5.75 Å². The number of hydrogen-bond acceptors (Lipinski definition) is 3. The van der Waals surface area contributed by atoms with Crippen molar-refractivity contribution in [1.82, 2.24) is 5.32 Å². The zero-order valence-electron chi connectivity index (χ0n) is 13.2. The van der Waals surface area contributed by atoms with Crippen molar-refractivity contribution in [3.8, 4) is 5.75 Å². The Morgan fingerprint density at radius 2 is 1.83 bits per heavy atom. The van der Waals surface area contributed by atoms with Crippen LogP contribution in [0.1, 0.15) is 16.8 Å². The molecule has 2 aromatic carbocycles. The monoisotopic (exact) mass is 328 g/mol. The van der Waals surface area contributed by atoms with Crippen molar-refractivity contribution in [3.05, 3.63) is 59.9 Å². The summed E-state index contributed by atoms with van der Waals surface area (Å²) in [5.41, 5.74) is 1.13. The number of halogens is 1. The van der Waals surface area contributed by atoms with Gasteiger partial charge in [0.1, 0.15) is 11.6 Å². The molecule has 1 fully saturated rings. The smallest absolute Gasteiger partial charge is 0.251 e. The number of carbonyl (C=O) groups excluding carboxylic acids is 2. The lowest BCUT2D eigenvalue weighted by Crippen LogP contribution is -2.37. The van der Waals surface area contributed by atoms with Gasteiger partial charge in [0, 0.05) is 24.2 Å². The number of amides is 2. The van der Waals surface area contributed by atoms with Crippen molar-refractivity contribution in [2.24, 2.45) is 0 Å². The summed E-state index contributed by atoms with van der Waals surface area (Å²) in [4.78, 5) is 26.0. The maximum Gasteiger partial charge on any atom is 0.251 e. The molecule has 1 aliphatic rings. The van der Waals surface area contributed by atoms with Crippen molar-refractivity contribution in [1.29, 1.82) is 0 Å². The van der Waals surface area contributed by atoms with Crippen molar-refractivity contribution in [2.75, 3.05) is 18.6 Å². The Kier molecular flexibility index (Phi) is 4.46. The predicted octanol–water partition coefficient (Wildman–Crippen LogP) is 2.37. The molecule has 0 aliphatic carbocycles. The van der Waals surface area contributed by atoms with E-state index in [9.17, 15) is 14.0 Å². The maximum atomic E-state index is 12.9. The minimum absolute atomic E-state index is 0.0513. The first-order chi connectivity index (χ1) is 11.6. The molecule has 2 amide bonds. The van der Waals surface area contributed by atoms with Crippen LogP contribution in [-0.4, -0.2) is 31.5 Å². The molecule has 2 aromatic rings. The number of carbonyl (C=O) groups is 2. The molecule has 24 heavy (non-hydrogen) atoms. The Bertz CT molecular complexity index is 744. The molecular formula is C18H17FN2O3. The summed E-state index contributed by atoms with van der Waals surface area (Å²) in [6.45, 7) is 0.401. The van der Waals surface area contributed by atoms with E-state index in [0.29, 0.717) is 17.9 Å².